The van der Waals surface area contributed by atoms with Gasteiger partial charge in [0, 0.05) is 51.3 Å². The number of ether oxygens (including phenoxy) is 1. The van der Waals surface area contributed by atoms with Gasteiger partial charge in [-0.2, -0.15) is 0 Å². The highest BCUT2D eigenvalue weighted by molar-refractivity contribution is 6.09. The maximum atomic E-state index is 7.01. The van der Waals surface area contributed by atoms with E-state index in [4.69, 9.17) is 9.72 Å². The van der Waals surface area contributed by atoms with Gasteiger partial charge in [0.05, 0.1) is 22.4 Å². The van der Waals surface area contributed by atoms with Crippen LogP contribution in [0, 0.1) is 13.8 Å². The summed E-state index contributed by atoms with van der Waals surface area (Å²) < 4.78 is 9.30. The number of aryl methyl sites for hydroxylation is 2. The summed E-state index contributed by atoms with van der Waals surface area (Å²) in [6, 6.07) is 61.6. The number of hydrogen-bond acceptors (Lipinski definition) is 4. The van der Waals surface area contributed by atoms with Crippen LogP contribution in [0.3, 0.4) is 0 Å². The lowest BCUT2D eigenvalue weighted by Crippen LogP contribution is -2.25. The summed E-state index contributed by atoms with van der Waals surface area (Å²) in [5.74, 6) is 2.45. The van der Waals surface area contributed by atoms with Gasteiger partial charge in [-0.15, -0.1) is 0 Å². The third-order valence-electron chi connectivity index (χ3n) is 14.0. The van der Waals surface area contributed by atoms with Crippen LogP contribution in [0.2, 0.25) is 0 Å². The lowest BCUT2D eigenvalue weighted by Gasteiger charge is -2.29. The van der Waals surface area contributed by atoms with Gasteiger partial charge < -0.3 is 14.5 Å². The van der Waals surface area contributed by atoms with Gasteiger partial charge in [0.2, 0.25) is 0 Å². The zero-order valence-corrected chi connectivity index (χ0v) is 39.1. The van der Waals surface area contributed by atoms with Crippen LogP contribution in [0.5, 0.6) is 11.5 Å². The Labute approximate surface area is 384 Å². The number of anilines is 4. The van der Waals surface area contributed by atoms with Crippen molar-refractivity contribution in [2.24, 2.45) is 0 Å². The molecule has 0 saturated heterocycles. The smallest absolute Gasteiger partial charge is 0.137 e. The Morgan fingerprint density at radius 2 is 1.02 bits per heavy atom. The van der Waals surface area contributed by atoms with Crippen LogP contribution < -0.4 is 14.5 Å². The van der Waals surface area contributed by atoms with Crippen molar-refractivity contribution >= 4 is 44.6 Å². The Morgan fingerprint density at radius 1 is 0.446 bits per heavy atom. The predicted molar refractivity (Wildman–Crippen MR) is 272 cm³/mol. The number of hydrogen-bond donors (Lipinski definition) is 0. The molecule has 1 aliphatic heterocycles. The van der Waals surface area contributed by atoms with Crippen LogP contribution in [-0.2, 0) is 16.2 Å². The first kappa shape index (κ1) is 41.9. The molecule has 0 N–H and O–H groups in total. The zero-order chi connectivity index (χ0) is 45.3. The van der Waals surface area contributed by atoms with Gasteiger partial charge in [-0.3, -0.25) is 4.57 Å². The van der Waals surface area contributed by atoms with E-state index in [1.807, 2.05) is 6.20 Å². The van der Waals surface area contributed by atoms with Gasteiger partial charge in [-0.05, 0) is 125 Å². The molecule has 1 aliphatic rings. The van der Waals surface area contributed by atoms with E-state index in [0.717, 1.165) is 39.4 Å². The molecule has 10 rings (SSSR count). The van der Waals surface area contributed by atoms with Gasteiger partial charge in [-0.1, -0.05) is 139 Å². The van der Waals surface area contributed by atoms with Crippen molar-refractivity contribution < 1.29 is 4.74 Å². The van der Waals surface area contributed by atoms with Crippen molar-refractivity contribution in [1.82, 2.24) is 9.55 Å². The number of aromatic nitrogens is 2. The minimum Gasteiger partial charge on any atom is -0.457 e. The summed E-state index contributed by atoms with van der Waals surface area (Å²) in [6.07, 6.45) is 1.94. The summed E-state index contributed by atoms with van der Waals surface area (Å²) in [5.41, 5.74) is 15.1. The SMILES string of the molecule is Cc1cc2c(cc1C)N(c1cccc(C(C)(C)c3ccccc3)c1)CN2c1cc(Oc2ccc3c4ccccc4n(-c4cc(C(C)(C)c5ccccc5)ccn4)c3c2)cc(C(C)(C)C)c1. The first-order valence-corrected chi connectivity index (χ1v) is 22.9. The Kier molecular flexibility index (Phi) is 10.2. The van der Waals surface area contributed by atoms with E-state index in [1.165, 1.54) is 61.4 Å². The molecule has 0 amide bonds. The summed E-state index contributed by atoms with van der Waals surface area (Å²) in [4.78, 5) is 9.92. The van der Waals surface area contributed by atoms with Crippen molar-refractivity contribution in [2.45, 2.75) is 78.6 Å². The quantitative estimate of drug-likeness (QED) is 0.145. The van der Waals surface area contributed by atoms with Crippen molar-refractivity contribution in [1.29, 1.82) is 0 Å². The molecule has 0 fully saturated rings. The number of nitrogens with zero attached hydrogens (tertiary/aromatic N) is 4. The van der Waals surface area contributed by atoms with Crippen LogP contribution in [-0.4, -0.2) is 16.2 Å². The lowest BCUT2D eigenvalue weighted by atomic mass is 9.78. The van der Waals surface area contributed by atoms with Gasteiger partial charge in [-0.25, -0.2) is 4.98 Å². The number of para-hydroxylation sites is 1. The second-order valence-electron chi connectivity index (χ2n) is 20.0. The third kappa shape index (κ3) is 7.53. The predicted octanol–water partition coefficient (Wildman–Crippen LogP) is 15.8. The van der Waals surface area contributed by atoms with E-state index in [2.05, 4.69) is 247 Å². The molecular formula is C60H58N4O. The van der Waals surface area contributed by atoms with E-state index in [-0.39, 0.29) is 16.2 Å². The molecule has 0 spiro atoms. The maximum absolute atomic E-state index is 7.01. The van der Waals surface area contributed by atoms with Gasteiger partial charge in [0.1, 0.15) is 24.0 Å². The molecule has 0 aliphatic carbocycles. The molecule has 5 heteroatoms. The molecular weight excluding hydrogens is 793 g/mol. The third-order valence-corrected chi connectivity index (χ3v) is 14.0. The number of rotatable bonds is 9. The summed E-state index contributed by atoms with van der Waals surface area (Å²) in [6.45, 7) is 21.1. The molecule has 3 heterocycles. The van der Waals surface area contributed by atoms with E-state index in [1.54, 1.807) is 0 Å². The summed E-state index contributed by atoms with van der Waals surface area (Å²) >= 11 is 0. The van der Waals surface area contributed by atoms with Crippen molar-refractivity contribution in [3.8, 4) is 17.3 Å². The van der Waals surface area contributed by atoms with Gasteiger partial charge >= 0.3 is 0 Å². The van der Waals surface area contributed by atoms with Crippen molar-refractivity contribution in [2.75, 3.05) is 16.5 Å². The standard InChI is InChI=1S/C60H58N4O/c1-40-31-55-56(32-41(40)2)63(39-62(55)47-24-18-23-44(33-47)59(6,7)42-19-12-10-13-20-42)48-34-46(58(3,4)5)35-50(37-48)65-49-27-28-52-51-25-16-17-26-53(51)64(54(52)38-49)57-36-45(29-30-61-57)60(8,9)43-21-14-11-15-22-43/h10-38H,39H2,1-9H3. The number of benzene rings is 7. The number of fused-ring (bicyclic) bond motifs is 4. The number of pyridine rings is 1. The lowest BCUT2D eigenvalue weighted by molar-refractivity contribution is 0.479. The second-order valence-corrected chi connectivity index (χ2v) is 20.0. The highest BCUT2D eigenvalue weighted by Crippen LogP contribution is 2.48. The molecule has 0 atom stereocenters. The molecule has 0 radical (unpaired) electrons. The first-order chi connectivity index (χ1) is 31.2. The van der Waals surface area contributed by atoms with Crippen molar-refractivity contribution in [3.05, 3.63) is 215 Å². The van der Waals surface area contributed by atoms with Gasteiger partial charge in [0.15, 0.2) is 0 Å². The molecule has 0 saturated carbocycles. The Morgan fingerprint density at radius 3 is 1.68 bits per heavy atom. The summed E-state index contributed by atoms with van der Waals surface area (Å²) in [7, 11) is 0. The van der Waals surface area contributed by atoms with Crippen LogP contribution in [0.25, 0.3) is 27.6 Å². The van der Waals surface area contributed by atoms with Crippen molar-refractivity contribution in [3.63, 3.8) is 0 Å². The average molecular weight is 851 g/mol. The topological polar surface area (TPSA) is 33.5 Å². The Balaban J connectivity index is 1.05. The van der Waals surface area contributed by atoms with Crippen LogP contribution in [0.15, 0.2) is 176 Å². The van der Waals surface area contributed by atoms with Crippen LogP contribution >= 0.6 is 0 Å². The fourth-order valence-corrected chi connectivity index (χ4v) is 9.62. The highest BCUT2D eigenvalue weighted by atomic mass is 16.5. The fraction of sp³-hybridized carbons (Fsp3) is 0.217. The average Bonchev–Trinajstić information content (AvgIpc) is 3.84. The maximum Gasteiger partial charge on any atom is 0.137 e. The normalized spacial score (nSPS) is 13.2. The van der Waals surface area contributed by atoms with Crippen LogP contribution in [0.4, 0.5) is 22.7 Å². The fourth-order valence-electron chi connectivity index (χ4n) is 9.62. The summed E-state index contributed by atoms with van der Waals surface area (Å²) in [5, 5.41) is 2.33. The molecule has 65 heavy (non-hydrogen) atoms. The zero-order valence-electron chi connectivity index (χ0n) is 39.1. The monoisotopic (exact) mass is 850 g/mol. The molecule has 9 aromatic rings. The molecule has 7 aromatic carbocycles. The van der Waals surface area contributed by atoms with E-state index in [0.29, 0.717) is 6.67 Å². The minimum absolute atomic E-state index is 0.127. The molecule has 5 nitrogen and oxygen atoms in total. The second kappa shape index (κ2) is 15.8. The minimum atomic E-state index is -0.213. The Hall–Kier alpha value is -7.11. The molecule has 2 aromatic heterocycles. The molecule has 0 unspecified atom stereocenters. The van der Waals surface area contributed by atoms with Crippen LogP contribution in [0.1, 0.15) is 87.4 Å². The molecule has 0 bridgehead atoms. The van der Waals surface area contributed by atoms with E-state index < -0.39 is 0 Å². The van der Waals surface area contributed by atoms with E-state index >= 15 is 0 Å². The first-order valence-electron chi connectivity index (χ1n) is 22.9. The molecule has 324 valence electrons. The highest BCUT2D eigenvalue weighted by Gasteiger charge is 2.32. The van der Waals surface area contributed by atoms with E-state index in [9.17, 15) is 0 Å². The largest absolute Gasteiger partial charge is 0.457 e. The Bertz CT molecular complexity index is 3230. The van der Waals surface area contributed by atoms with Gasteiger partial charge in [0.25, 0.3) is 0 Å².